The van der Waals surface area contributed by atoms with E-state index in [-0.39, 0.29) is 0 Å². The van der Waals surface area contributed by atoms with Crippen molar-refractivity contribution in [2.75, 3.05) is 0 Å². The summed E-state index contributed by atoms with van der Waals surface area (Å²) in [5, 5.41) is 2.65. The van der Waals surface area contributed by atoms with Gasteiger partial charge in [-0.25, -0.2) is 15.0 Å². The molecule has 0 saturated carbocycles. The number of hydrogen-bond donors (Lipinski definition) is 0. The van der Waals surface area contributed by atoms with Gasteiger partial charge in [0.05, 0.1) is 10.5 Å². The van der Waals surface area contributed by atoms with Crippen LogP contribution in [0.5, 0.6) is 0 Å². The maximum absolute atomic E-state index is 6.28. The van der Waals surface area contributed by atoms with Gasteiger partial charge in [0, 0.05) is 16.5 Å². The number of hydrogen-bond acceptors (Lipinski definition) is 4. The second kappa shape index (κ2) is 6.82. The summed E-state index contributed by atoms with van der Waals surface area (Å²) in [5.74, 6) is 0.625. The first kappa shape index (κ1) is 16.1. The number of para-hydroxylation sites is 1. The SMILES string of the molecule is Cc1ccc(-c2ncc3ccccc3n2)nc1Sc1ccccc1Cl. The maximum atomic E-state index is 6.28. The fourth-order valence-corrected chi connectivity index (χ4v) is 3.61. The minimum atomic E-state index is 0.625. The van der Waals surface area contributed by atoms with E-state index in [0.717, 1.165) is 37.1 Å². The summed E-state index contributed by atoms with van der Waals surface area (Å²) in [6.07, 6.45) is 1.83. The molecule has 2 aromatic carbocycles. The number of pyridine rings is 1. The van der Waals surface area contributed by atoms with Crippen LogP contribution in [0.4, 0.5) is 0 Å². The summed E-state index contributed by atoms with van der Waals surface area (Å²) in [6.45, 7) is 2.04. The molecule has 0 atom stereocenters. The molecule has 0 aliphatic carbocycles. The summed E-state index contributed by atoms with van der Waals surface area (Å²) < 4.78 is 0. The van der Waals surface area contributed by atoms with Crippen LogP contribution in [0.3, 0.4) is 0 Å². The zero-order valence-corrected chi connectivity index (χ0v) is 15.1. The van der Waals surface area contributed by atoms with Gasteiger partial charge in [0.25, 0.3) is 0 Å². The minimum absolute atomic E-state index is 0.625. The molecule has 4 aromatic rings. The fraction of sp³-hybridized carbons (Fsp3) is 0.0500. The van der Waals surface area contributed by atoms with Crippen LogP contribution in [0.25, 0.3) is 22.4 Å². The van der Waals surface area contributed by atoms with E-state index in [0.29, 0.717) is 5.82 Å². The van der Waals surface area contributed by atoms with Gasteiger partial charge in [0.2, 0.25) is 0 Å². The molecule has 122 valence electrons. The predicted octanol–water partition coefficient (Wildman–Crippen LogP) is 5.80. The first-order chi connectivity index (χ1) is 12.2. The standard InChI is InChI=1S/C20H14ClN3S/c1-13-10-11-17(19-22-12-14-6-2-4-8-16(14)23-19)24-20(13)25-18-9-5-3-7-15(18)21/h2-12H,1H3. The normalized spacial score (nSPS) is 11.0. The van der Waals surface area contributed by atoms with E-state index in [9.17, 15) is 0 Å². The number of nitrogens with zero attached hydrogens (tertiary/aromatic N) is 3. The molecular weight excluding hydrogens is 350 g/mol. The first-order valence-electron chi connectivity index (χ1n) is 7.83. The van der Waals surface area contributed by atoms with E-state index >= 15 is 0 Å². The molecule has 0 aliphatic rings. The van der Waals surface area contributed by atoms with E-state index in [2.05, 4.69) is 9.97 Å². The molecule has 4 rings (SSSR count). The second-order valence-corrected chi connectivity index (χ2v) is 7.04. The summed E-state index contributed by atoms with van der Waals surface area (Å²) in [5.41, 5.74) is 2.76. The number of rotatable bonds is 3. The highest BCUT2D eigenvalue weighted by Crippen LogP contribution is 2.34. The quantitative estimate of drug-likeness (QED) is 0.460. The summed E-state index contributed by atoms with van der Waals surface area (Å²) >= 11 is 7.83. The van der Waals surface area contributed by atoms with Crippen molar-refractivity contribution in [3.8, 4) is 11.5 Å². The van der Waals surface area contributed by atoms with Crippen molar-refractivity contribution >= 4 is 34.3 Å². The lowest BCUT2D eigenvalue weighted by molar-refractivity contribution is 1.06. The monoisotopic (exact) mass is 363 g/mol. The van der Waals surface area contributed by atoms with Crippen LogP contribution in [0, 0.1) is 6.92 Å². The van der Waals surface area contributed by atoms with Crippen LogP contribution >= 0.6 is 23.4 Å². The van der Waals surface area contributed by atoms with Gasteiger partial charge in [-0.1, -0.05) is 59.8 Å². The Labute approximate surface area is 155 Å². The largest absolute Gasteiger partial charge is 0.237 e. The zero-order valence-electron chi connectivity index (χ0n) is 13.5. The lowest BCUT2D eigenvalue weighted by Gasteiger charge is -2.08. The maximum Gasteiger partial charge on any atom is 0.178 e. The Morgan fingerprint density at radius 2 is 1.68 bits per heavy atom. The van der Waals surface area contributed by atoms with Crippen molar-refractivity contribution in [1.29, 1.82) is 0 Å². The molecule has 0 spiro atoms. The molecule has 0 radical (unpaired) electrons. The van der Waals surface area contributed by atoms with Gasteiger partial charge in [-0.3, -0.25) is 0 Å². The van der Waals surface area contributed by atoms with Gasteiger partial charge in [-0.15, -0.1) is 0 Å². The van der Waals surface area contributed by atoms with E-state index in [1.807, 2.05) is 73.8 Å². The molecule has 2 heterocycles. The summed E-state index contributed by atoms with van der Waals surface area (Å²) in [6, 6.07) is 19.7. The van der Waals surface area contributed by atoms with E-state index in [4.69, 9.17) is 16.6 Å². The highest BCUT2D eigenvalue weighted by Gasteiger charge is 2.10. The molecule has 0 N–H and O–H groups in total. The van der Waals surface area contributed by atoms with Crippen molar-refractivity contribution in [3.05, 3.63) is 77.4 Å². The van der Waals surface area contributed by atoms with Crippen molar-refractivity contribution in [3.63, 3.8) is 0 Å². The zero-order chi connectivity index (χ0) is 17.2. The van der Waals surface area contributed by atoms with Crippen LogP contribution in [-0.2, 0) is 0 Å². The highest BCUT2D eigenvalue weighted by atomic mass is 35.5. The molecular formula is C20H14ClN3S. The fourth-order valence-electron chi connectivity index (χ4n) is 2.47. The Kier molecular flexibility index (Phi) is 4.38. The van der Waals surface area contributed by atoms with Gasteiger partial charge in [0.1, 0.15) is 10.7 Å². The highest BCUT2D eigenvalue weighted by molar-refractivity contribution is 7.99. The molecule has 2 aromatic heterocycles. The number of aromatic nitrogens is 3. The molecule has 0 bridgehead atoms. The third-order valence-electron chi connectivity index (χ3n) is 3.81. The molecule has 5 heteroatoms. The third-order valence-corrected chi connectivity index (χ3v) is 5.44. The Bertz CT molecular complexity index is 1070. The molecule has 0 amide bonds. The van der Waals surface area contributed by atoms with Crippen LogP contribution in [0.1, 0.15) is 5.56 Å². The average molecular weight is 364 g/mol. The van der Waals surface area contributed by atoms with Crippen LogP contribution in [0.2, 0.25) is 5.02 Å². The van der Waals surface area contributed by atoms with E-state index < -0.39 is 0 Å². The Balaban J connectivity index is 1.74. The minimum Gasteiger partial charge on any atom is -0.237 e. The van der Waals surface area contributed by atoms with Crippen molar-refractivity contribution < 1.29 is 0 Å². The number of benzene rings is 2. The van der Waals surface area contributed by atoms with E-state index in [1.165, 1.54) is 0 Å². The van der Waals surface area contributed by atoms with Crippen LogP contribution in [-0.4, -0.2) is 15.0 Å². The van der Waals surface area contributed by atoms with Gasteiger partial charge in [0.15, 0.2) is 5.82 Å². The molecule has 25 heavy (non-hydrogen) atoms. The molecule has 0 unspecified atom stereocenters. The van der Waals surface area contributed by atoms with E-state index in [1.54, 1.807) is 11.8 Å². The van der Waals surface area contributed by atoms with Crippen molar-refractivity contribution in [2.24, 2.45) is 0 Å². The predicted molar refractivity (Wildman–Crippen MR) is 103 cm³/mol. The Hall–Kier alpha value is -2.43. The lowest BCUT2D eigenvalue weighted by atomic mass is 10.2. The Morgan fingerprint density at radius 3 is 2.56 bits per heavy atom. The smallest absolute Gasteiger partial charge is 0.178 e. The van der Waals surface area contributed by atoms with Gasteiger partial charge >= 0.3 is 0 Å². The van der Waals surface area contributed by atoms with Gasteiger partial charge in [-0.05, 0) is 36.8 Å². The lowest BCUT2D eigenvalue weighted by Crippen LogP contribution is -1.95. The number of halogens is 1. The molecule has 0 fully saturated rings. The summed E-state index contributed by atoms with van der Waals surface area (Å²) in [4.78, 5) is 14.8. The number of fused-ring (bicyclic) bond motifs is 1. The summed E-state index contributed by atoms with van der Waals surface area (Å²) in [7, 11) is 0. The Morgan fingerprint density at radius 1 is 0.880 bits per heavy atom. The molecule has 0 saturated heterocycles. The van der Waals surface area contributed by atoms with Crippen molar-refractivity contribution in [2.45, 2.75) is 16.8 Å². The van der Waals surface area contributed by atoms with Crippen LogP contribution < -0.4 is 0 Å². The van der Waals surface area contributed by atoms with Crippen LogP contribution in [0.15, 0.2) is 76.8 Å². The topological polar surface area (TPSA) is 38.7 Å². The molecule has 3 nitrogen and oxygen atoms in total. The average Bonchev–Trinajstić information content (AvgIpc) is 2.65. The second-order valence-electron chi connectivity index (χ2n) is 5.60. The first-order valence-corrected chi connectivity index (χ1v) is 9.02. The van der Waals surface area contributed by atoms with Gasteiger partial charge < -0.3 is 0 Å². The van der Waals surface area contributed by atoms with Crippen molar-refractivity contribution in [1.82, 2.24) is 15.0 Å². The van der Waals surface area contributed by atoms with Gasteiger partial charge in [-0.2, -0.15) is 0 Å². The molecule has 0 aliphatic heterocycles. The number of aryl methyl sites for hydroxylation is 1. The third kappa shape index (κ3) is 3.36.